The van der Waals surface area contributed by atoms with Gasteiger partial charge in [0.25, 0.3) is 0 Å². The van der Waals surface area contributed by atoms with Crippen LogP contribution in [0, 0.1) is 0 Å². The Balaban J connectivity index is 1.83. The number of amides is 1. The first-order valence-corrected chi connectivity index (χ1v) is 12.3. The van der Waals surface area contributed by atoms with Gasteiger partial charge >= 0.3 is 0 Å². The number of carbonyl (C=O) groups excluding carboxylic acids is 1. The highest BCUT2D eigenvalue weighted by atomic mass is 35.5. The van der Waals surface area contributed by atoms with E-state index in [2.05, 4.69) is 25.9 Å². The number of aromatic nitrogens is 2. The van der Waals surface area contributed by atoms with Crippen molar-refractivity contribution < 1.29 is 14.1 Å². The minimum absolute atomic E-state index is 0.0625. The van der Waals surface area contributed by atoms with Gasteiger partial charge in [-0.3, -0.25) is 4.79 Å². The highest BCUT2D eigenvalue weighted by Gasteiger charge is 2.22. The van der Waals surface area contributed by atoms with Gasteiger partial charge in [-0.25, -0.2) is 4.98 Å². The summed E-state index contributed by atoms with van der Waals surface area (Å²) in [6, 6.07) is 4.91. The highest BCUT2D eigenvalue weighted by molar-refractivity contribution is 7.70. The lowest BCUT2D eigenvalue weighted by molar-refractivity contribution is -0.121. The Kier molecular flexibility index (Phi) is 6.65. The van der Waals surface area contributed by atoms with Gasteiger partial charge < -0.3 is 25.3 Å². The van der Waals surface area contributed by atoms with E-state index >= 15 is 0 Å². The topological polar surface area (TPSA) is 105 Å². The van der Waals surface area contributed by atoms with Crippen LogP contribution in [0.4, 0.5) is 17.5 Å². The maximum Gasteiger partial charge on any atom is 0.242 e. The number of anilines is 3. The summed E-state index contributed by atoms with van der Waals surface area (Å²) in [5.41, 5.74) is 0.630. The lowest BCUT2D eigenvalue weighted by atomic mass is 10.1. The molecular formula is C19H25ClN5O3P. The van der Waals surface area contributed by atoms with Crippen molar-refractivity contribution in [3.63, 3.8) is 0 Å². The van der Waals surface area contributed by atoms with Crippen LogP contribution in [-0.2, 0) is 9.36 Å². The van der Waals surface area contributed by atoms with E-state index < -0.39 is 13.2 Å². The van der Waals surface area contributed by atoms with Gasteiger partial charge in [0, 0.05) is 11.8 Å². The zero-order valence-corrected chi connectivity index (χ0v) is 18.3. The molecule has 156 valence electrons. The lowest BCUT2D eigenvalue weighted by Crippen LogP contribution is -2.38. The molecule has 1 saturated heterocycles. The first-order valence-electron chi connectivity index (χ1n) is 9.35. The summed E-state index contributed by atoms with van der Waals surface area (Å²) in [5.74, 6) is 1.15. The van der Waals surface area contributed by atoms with Crippen LogP contribution >= 0.6 is 18.7 Å². The van der Waals surface area contributed by atoms with Gasteiger partial charge in [-0.2, -0.15) is 4.98 Å². The molecule has 8 nitrogen and oxygen atoms in total. The number of halogens is 1. The summed E-state index contributed by atoms with van der Waals surface area (Å²) in [7, 11) is -0.867. The quantitative estimate of drug-likeness (QED) is 0.596. The molecule has 29 heavy (non-hydrogen) atoms. The second kappa shape index (κ2) is 9.01. The van der Waals surface area contributed by atoms with Gasteiger partial charge in [0.05, 0.1) is 19.0 Å². The van der Waals surface area contributed by atoms with Crippen molar-refractivity contribution in [1.29, 1.82) is 0 Å². The van der Waals surface area contributed by atoms with E-state index in [0.717, 1.165) is 18.1 Å². The predicted octanol–water partition coefficient (Wildman–Crippen LogP) is 3.21. The zero-order chi connectivity index (χ0) is 21.0. The number of nitrogens with zero attached hydrogens (tertiary/aromatic N) is 2. The number of carbonyl (C=O) groups is 1. The van der Waals surface area contributed by atoms with E-state index in [-0.39, 0.29) is 5.91 Å². The first kappa shape index (κ1) is 21.4. The standard InChI is InChI=1S/C19H25ClN5O3P/c1-28-16-10-12(29(2,3)27)7-8-14(16)24-19-22-11-13(20)17(25-19)23-15-6-4-5-9-21-18(15)26/h7-8,10-11,15H,4-6,9H2,1-3H3,(H,21,26)(H2,22,23,24,25). The number of rotatable bonds is 6. The zero-order valence-electron chi connectivity index (χ0n) is 16.7. The van der Waals surface area contributed by atoms with E-state index in [9.17, 15) is 9.36 Å². The van der Waals surface area contributed by atoms with Crippen molar-refractivity contribution in [1.82, 2.24) is 15.3 Å². The molecule has 1 amide bonds. The number of benzene rings is 1. The van der Waals surface area contributed by atoms with Crippen molar-refractivity contribution in [2.75, 3.05) is 37.6 Å². The molecule has 0 aliphatic carbocycles. The highest BCUT2D eigenvalue weighted by Crippen LogP contribution is 2.38. The minimum Gasteiger partial charge on any atom is -0.495 e. The molecule has 1 fully saturated rings. The Bertz CT molecular complexity index is 949. The van der Waals surface area contributed by atoms with E-state index in [4.69, 9.17) is 16.3 Å². The molecule has 1 aromatic carbocycles. The van der Waals surface area contributed by atoms with Crippen LogP contribution in [0.2, 0.25) is 5.02 Å². The predicted molar refractivity (Wildman–Crippen MR) is 117 cm³/mol. The second-order valence-corrected chi connectivity index (χ2v) is 10.9. The van der Waals surface area contributed by atoms with Crippen molar-refractivity contribution in [2.45, 2.75) is 25.3 Å². The van der Waals surface area contributed by atoms with Crippen LogP contribution in [0.3, 0.4) is 0 Å². The smallest absolute Gasteiger partial charge is 0.242 e. The van der Waals surface area contributed by atoms with Gasteiger partial charge in [-0.05, 0) is 50.8 Å². The Hall–Kier alpha value is -2.31. The largest absolute Gasteiger partial charge is 0.495 e. The van der Waals surface area contributed by atoms with Crippen LogP contribution < -0.4 is 26.0 Å². The molecule has 0 radical (unpaired) electrons. The second-order valence-electron chi connectivity index (χ2n) is 7.23. The third-order valence-electron chi connectivity index (χ3n) is 4.64. The van der Waals surface area contributed by atoms with Crippen molar-refractivity contribution in [2.24, 2.45) is 0 Å². The molecule has 1 aromatic heterocycles. The molecule has 1 atom stereocenters. The van der Waals surface area contributed by atoms with Gasteiger partial charge in [-0.1, -0.05) is 11.6 Å². The fraction of sp³-hybridized carbons (Fsp3) is 0.421. The first-order chi connectivity index (χ1) is 13.8. The molecule has 0 spiro atoms. The summed E-state index contributed by atoms with van der Waals surface area (Å²) < 4.78 is 17.7. The molecule has 10 heteroatoms. The fourth-order valence-corrected chi connectivity index (χ4v) is 4.02. The Morgan fingerprint density at radius 2 is 2.10 bits per heavy atom. The van der Waals surface area contributed by atoms with E-state index in [1.807, 2.05) is 0 Å². The summed E-state index contributed by atoms with van der Waals surface area (Å²) in [6.07, 6.45) is 4.07. The van der Waals surface area contributed by atoms with Crippen LogP contribution in [0.25, 0.3) is 0 Å². The Morgan fingerprint density at radius 1 is 1.31 bits per heavy atom. The minimum atomic E-state index is -2.41. The maximum atomic E-state index is 12.3. The number of methoxy groups -OCH3 is 1. The van der Waals surface area contributed by atoms with Crippen LogP contribution in [-0.4, -0.2) is 48.9 Å². The van der Waals surface area contributed by atoms with Gasteiger partial charge in [0.2, 0.25) is 11.9 Å². The molecule has 2 heterocycles. The molecule has 3 N–H and O–H groups in total. The maximum absolute atomic E-state index is 12.3. The SMILES string of the molecule is COc1cc(P(C)(C)=O)ccc1Nc1ncc(Cl)c(NC2CCCCNC2=O)n1. The summed E-state index contributed by atoms with van der Waals surface area (Å²) in [6.45, 7) is 4.09. The van der Waals surface area contributed by atoms with Crippen molar-refractivity contribution in [3.05, 3.63) is 29.4 Å². The van der Waals surface area contributed by atoms with Crippen LogP contribution in [0.15, 0.2) is 24.4 Å². The number of ether oxygens (including phenoxy) is 1. The molecule has 1 aliphatic heterocycles. The van der Waals surface area contributed by atoms with Gasteiger partial charge in [0.1, 0.15) is 24.0 Å². The van der Waals surface area contributed by atoms with Crippen molar-refractivity contribution in [3.8, 4) is 5.75 Å². The molecule has 2 aromatic rings. The molecule has 0 saturated carbocycles. The Labute approximate surface area is 175 Å². The number of nitrogens with one attached hydrogen (secondary N) is 3. The molecule has 1 unspecified atom stereocenters. The monoisotopic (exact) mass is 437 g/mol. The lowest BCUT2D eigenvalue weighted by Gasteiger charge is -2.18. The average molecular weight is 438 g/mol. The molecule has 3 rings (SSSR count). The van der Waals surface area contributed by atoms with Crippen LogP contribution in [0.5, 0.6) is 5.75 Å². The van der Waals surface area contributed by atoms with Crippen molar-refractivity contribution >= 4 is 47.4 Å². The third kappa shape index (κ3) is 5.40. The van der Waals surface area contributed by atoms with E-state index in [1.165, 1.54) is 6.20 Å². The number of hydrogen-bond acceptors (Lipinski definition) is 7. The third-order valence-corrected chi connectivity index (χ3v) is 6.44. The summed E-state index contributed by atoms with van der Waals surface area (Å²) in [4.78, 5) is 20.8. The summed E-state index contributed by atoms with van der Waals surface area (Å²) >= 11 is 6.23. The fourth-order valence-electron chi connectivity index (χ4n) is 3.01. The van der Waals surface area contributed by atoms with Crippen LogP contribution in [0.1, 0.15) is 19.3 Å². The normalized spacial score (nSPS) is 17.2. The average Bonchev–Trinajstić information content (AvgIpc) is 2.88. The Morgan fingerprint density at radius 3 is 2.83 bits per heavy atom. The van der Waals surface area contributed by atoms with E-state index in [1.54, 1.807) is 38.6 Å². The number of hydrogen-bond donors (Lipinski definition) is 3. The van der Waals surface area contributed by atoms with Gasteiger partial charge in [0.15, 0.2) is 5.82 Å². The molecule has 1 aliphatic rings. The molecular weight excluding hydrogens is 413 g/mol. The van der Waals surface area contributed by atoms with Gasteiger partial charge in [-0.15, -0.1) is 0 Å². The van der Waals surface area contributed by atoms with E-state index in [0.29, 0.717) is 41.2 Å². The summed E-state index contributed by atoms with van der Waals surface area (Å²) in [5, 5.41) is 10.1. The molecule has 0 bridgehead atoms.